The summed E-state index contributed by atoms with van der Waals surface area (Å²) in [6.45, 7) is 10.1. The number of ether oxygens (including phenoxy) is 1. The first-order valence-corrected chi connectivity index (χ1v) is 5.34. The molecule has 1 aromatic heterocycles. The van der Waals surface area contributed by atoms with Gasteiger partial charge in [0.15, 0.2) is 0 Å². The molecule has 0 bridgehead atoms. The Morgan fingerprint density at radius 1 is 1.29 bits per heavy atom. The van der Waals surface area contributed by atoms with Crippen LogP contribution in [0.15, 0.2) is 18.3 Å². The topological polar surface area (TPSA) is 22.1 Å². The molecule has 0 amide bonds. The molecule has 2 heteroatoms. The Bertz CT molecular complexity index is 229. The van der Waals surface area contributed by atoms with Gasteiger partial charge in [-0.15, -0.1) is 0 Å². The fourth-order valence-electron chi connectivity index (χ4n) is 0.931. The minimum absolute atomic E-state index is 0.199. The second-order valence-electron chi connectivity index (χ2n) is 3.02. The van der Waals surface area contributed by atoms with E-state index in [4.69, 9.17) is 4.74 Å². The second-order valence-corrected chi connectivity index (χ2v) is 3.02. The summed E-state index contributed by atoms with van der Waals surface area (Å²) >= 11 is 0. The molecule has 0 aliphatic carbocycles. The Kier molecular flexibility index (Phi) is 6.81. The van der Waals surface area contributed by atoms with E-state index in [0.29, 0.717) is 5.88 Å². The van der Waals surface area contributed by atoms with Gasteiger partial charge in [0.25, 0.3) is 0 Å². The zero-order valence-electron chi connectivity index (χ0n) is 9.87. The van der Waals surface area contributed by atoms with Crippen molar-refractivity contribution in [2.45, 2.75) is 47.1 Å². The van der Waals surface area contributed by atoms with Crippen LogP contribution in [0.25, 0.3) is 0 Å². The summed E-state index contributed by atoms with van der Waals surface area (Å²) in [7, 11) is 0. The minimum Gasteiger partial charge on any atom is -0.475 e. The number of rotatable bonds is 3. The number of hydrogen-bond donors (Lipinski definition) is 0. The minimum atomic E-state index is 0.199. The molecule has 0 atom stereocenters. The number of aromatic nitrogens is 1. The third-order valence-corrected chi connectivity index (χ3v) is 1.56. The molecule has 0 aromatic carbocycles. The van der Waals surface area contributed by atoms with Gasteiger partial charge in [-0.1, -0.05) is 26.8 Å². The van der Waals surface area contributed by atoms with Crippen molar-refractivity contribution >= 4 is 0 Å². The molecule has 0 radical (unpaired) electrons. The Balaban J connectivity index is 0.000000791. The molecule has 1 aromatic rings. The van der Waals surface area contributed by atoms with Crippen molar-refractivity contribution in [3.63, 3.8) is 0 Å². The number of aryl methyl sites for hydroxylation is 1. The highest BCUT2D eigenvalue weighted by molar-refractivity contribution is 5.17. The van der Waals surface area contributed by atoms with E-state index in [-0.39, 0.29) is 6.10 Å². The van der Waals surface area contributed by atoms with E-state index in [2.05, 4.69) is 11.9 Å². The van der Waals surface area contributed by atoms with Crippen molar-refractivity contribution in [1.29, 1.82) is 0 Å². The third-order valence-electron chi connectivity index (χ3n) is 1.56. The van der Waals surface area contributed by atoms with Crippen molar-refractivity contribution < 1.29 is 4.74 Å². The predicted molar refractivity (Wildman–Crippen MR) is 60.7 cm³/mol. The summed E-state index contributed by atoms with van der Waals surface area (Å²) in [6, 6.07) is 3.96. The summed E-state index contributed by atoms with van der Waals surface area (Å²) in [5.74, 6) is 0.710. The average Bonchev–Trinajstić information content (AvgIpc) is 2.21. The normalized spacial score (nSPS) is 9.29. The maximum absolute atomic E-state index is 5.40. The van der Waals surface area contributed by atoms with Crippen LogP contribution in [0.4, 0.5) is 0 Å². The SMILES string of the molecule is CC.CCc1ccc(OC(C)C)nc1. The van der Waals surface area contributed by atoms with E-state index < -0.39 is 0 Å². The molecule has 14 heavy (non-hydrogen) atoms. The van der Waals surface area contributed by atoms with Crippen LogP contribution < -0.4 is 4.74 Å². The largest absolute Gasteiger partial charge is 0.475 e. The van der Waals surface area contributed by atoms with Gasteiger partial charge in [0.05, 0.1) is 6.10 Å². The van der Waals surface area contributed by atoms with Crippen molar-refractivity contribution in [2.24, 2.45) is 0 Å². The first-order chi connectivity index (χ1) is 6.72. The lowest BCUT2D eigenvalue weighted by Gasteiger charge is -2.07. The lowest BCUT2D eigenvalue weighted by molar-refractivity contribution is 0.232. The lowest BCUT2D eigenvalue weighted by atomic mass is 10.2. The summed E-state index contributed by atoms with van der Waals surface area (Å²) in [6.07, 6.45) is 3.08. The zero-order valence-corrected chi connectivity index (χ0v) is 9.87. The van der Waals surface area contributed by atoms with Gasteiger partial charge >= 0.3 is 0 Å². The Morgan fingerprint density at radius 3 is 2.29 bits per heavy atom. The summed E-state index contributed by atoms with van der Waals surface area (Å²) < 4.78 is 5.40. The molecular weight excluding hydrogens is 174 g/mol. The van der Waals surface area contributed by atoms with Crippen LogP contribution >= 0.6 is 0 Å². The van der Waals surface area contributed by atoms with Crippen molar-refractivity contribution in [3.05, 3.63) is 23.9 Å². The van der Waals surface area contributed by atoms with Crippen molar-refractivity contribution in [3.8, 4) is 5.88 Å². The molecule has 0 N–H and O–H groups in total. The smallest absolute Gasteiger partial charge is 0.213 e. The van der Waals surface area contributed by atoms with Gasteiger partial charge in [0.1, 0.15) is 0 Å². The van der Waals surface area contributed by atoms with Crippen LogP contribution in [-0.4, -0.2) is 11.1 Å². The monoisotopic (exact) mass is 195 g/mol. The van der Waals surface area contributed by atoms with E-state index >= 15 is 0 Å². The molecule has 80 valence electrons. The molecular formula is C12H21NO. The van der Waals surface area contributed by atoms with Crippen LogP contribution in [0, 0.1) is 0 Å². The van der Waals surface area contributed by atoms with Gasteiger partial charge < -0.3 is 4.74 Å². The van der Waals surface area contributed by atoms with E-state index in [0.717, 1.165) is 6.42 Å². The molecule has 0 saturated heterocycles. The molecule has 2 nitrogen and oxygen atoms in total. The van der Waals surface area contributed by atoms with Gasteiger partial charge in [0, 0.05) is 12.3 Å². The highest BCUT2D eigenvalue weighted by Gasteiger charge is 1.97. The molecule has 0 fully saturated rings. The Morgan fingerprint density at radius 2 is 1.93 bits per heavy atom. The molecule has 0 aliphatic heterocycles. The third kappa shape index (κ3) is 4.85. The predicted octanol–water partition coefficient (Wildman–Crippen LogP) is 3.46. The van der Waals surface area contributed by atoms with Crippen LogP contribution in [-0.2, 0) is 6.42 Å². The van der Waals surface area contributed by atoms with E-state index in [1.807, 2.05) is 46.0 Å². The molecule has 1 rings (SSSR count). The molecule has 0 aliphatic rings. The standard InChI is InChI=1S/C10H15NO.C2H6/c1-4-9-5-6-10(11-7-9)12-8(2)3;1-2/h5-8H,4H2,1-3H3;1-2H3. The molecule has 0 saturated carbocycles. The molecule has 0 spiro atoms. The highest BCUT2D eigenvalue weighted by Crippen LogP contribution is 2.09. The maximum atomic E-state index is 5.40. The zero-order chi connectivity index (χ0) is 11.0. The van der Waals surface area contributed by atoms with Crippen LogP contribution in [0.5, 0.6) is 5.88 Å². The molecule has 1 heterocycles. The van der Waals surface area contributed by atoms with Gasteiger partial charge in [-0.3, -0.25) is 0 Å². The lowest BCUT2D eigenvalue weighted by Crippen LogP contribution is -2.06. The van der Waals surface area contributed by atoms with Gasteiger partial charge in [-0.05, 0) is 25.8 Å². The quantitative estimate of drug-likeness (QED) is 0.737. The first kappa shape index (κ1) is 12.9. The summed E-state index contributed by atoms with van der Waals surface area (Å²) in [5, 5.41) is 0. The number of pyridine rings is 1. The van der Waals surface area contributed by atoms with Crippen LogP contribution in [0.3, 0.4) is 0 Å². The van der Waals surface area contributed by atoms with Gasteiger partial charge in [-0.2, -0.15) is 0 Å². The van der Waals surface area contributed by atoms with Crippen molar-refractivity contribution in [1.82, 2.24) is 4.98 Å². The van der Waals surface area contributed by atoms with Crippen LogP contribution in [0.1, 0.15) is 40.2 Å². The summed E-state index contributed by atoms with van der Waals surface area (Å²) in [5.41, 5.74) is 1.24. The van der Waals surface area contributed by atoms with Gasteiger partial charge in [0.2, 0.25) is 5.88 Å². The highest BCUT2D eigenvalue weighted by atomic mass is 16.5. The van der Waals surface area contributed by atoms with E-state index in [1.165, 1.54) is 5.56 Å². The Hall–Kier alpha value is -1.05. The molecule has 0 unspecified atom stereocenters. The average molecular weight is 195 g/mol. The number of nitrogens with zero attached hydrogens (tertiary/aromatic N) is 1. The van der Waals surface area contributed by atoms with Gasteiger partial charge in [-0.25, -0.2) is 4.98 Å². The van der Waals surface area contributed by atoms with E-state index in [1.54, 1.807) is 0 Å². The maximum Gasteiger partial charge on any atom is 0.213 e. The first-order valence-electron chi connectivity index (χ1n) is 5.34. The van der Waals surface area contributed by atoms with E-state index in [9.17, 15) is 0 Å². The summed E-state index contributed by atoms with van der Waals surface area (Å²) in [4.78, 5) is 4.17. The second kappa shape index (κ2) is 7.36. The fraction of sp³-hybridized carbons (Fsp3) is 0.583. The van der Waals surface area contributed by atoms with Crippen molar-refractivity contribution in [2.75, 3.05) is 0 Å². The fourth-order valence-corrected chi connectivity index (χ4v) is 0.931. The number of hydrogen-bond acceptors (Lipinski definition) is 2. The van der Waals surface area contributed by atoms with Crippen LogP contribution in [0.2, 0.25) is 0 Å². The Labute approximate surface area is 87.3 Å².